The highest BCUT2D eigenvalue weighted by Crippen LogP contribution is 2.45. The fourth-order valence-corrected chi connectivity index (χ4v) is 4.88. The number of aliphatic carboxylic acids is 1. The number of esters is 1. The van der Waals surface area contributed by atoms with Crippen LogP contribution in [0, 0.1) is 6.92 Å². The van der Waals surface area contributed by atoms with Gasteiger partial charge in [-0.2, -0.15) is 0 Å². The molecule has 3 N–H and O–H groups in total. The number of carboxylic acid groups (broad SMARTS) is 1. The Morgan fingerprint density at radius 2 is 1.81 bits per heavy atom. The number of benzene rings is 2. The number of hydrogen-bond donors (Lipinski definition) is 3. The summed E-state index contributed by atoms with van der Waals surface area (Å²) in [6.45, 7) is 1.43. The van der Waals surface area contributed by atoms with Gasteiger partial charge in [0.05, 0.1) is 19.7 Å². The Balaban J connectivity index is 1.79. The number of nitrogens with zero attached hydrogens (tertiary/aromatic N) is 1. The summed E-state index contributed by atoms with van der Waals surface area (Å²) in [6, 6.07) is 14.3. The lowest BCUT2D eigenvalue weighted by Crippen LogP contribution is -2.47. The third-order valence-electron chi connectivity index (χ3n) is 4.86. The summed E-state index contributed by atoms with van der Waals surface area (Å²) in [5, 5.41) is 12.6. The molecule has 1 fully saturated rings. The predicted octanol–water partition coefficient (Wildman–Crippen LogP) is 2.39. The lowest BCUT2D eigenvalue weighted by Gasteiger charge is -2.29. The van der Waals surface area contributed by atoms with Crippen molar-refractivity contribution in [1.29, 1.82) is 0 Å². The largest absolute Gasteiger partial charge is 0.479 e. The fraction of sp³-hybridized carbons (Fsp3) is 0.273. The SMILES string of the molecule is COC(=O)[C@H]1S[C@@H](C(=O)O)N(C(=O)CNC(=O)Nc2cccc(C)c2)[C@H]1c1ccccc1. The fourth-order valence-electron chi connectivity index (χ4n) is 3.47. The number of hydrogen-bond acceptors (Lipinski definition) is 6. The normalized spacial score (nSPS) is 19.8. The van der Waals surface area contributed by atoms with Crippen LogP contribution in [0.25, 0.3) is 0 Å². The summed E-state index contributed by atoms with van der Waals surface area (Å²) in [4.78, 5) is 50.7. The van der Waals surface area contributed by atoms with Gasteiger partial charge in [-0.1, -0.05) is 42.5 Å². The number of amides is 3. The van der Waals surface area contributed by atoms with Crippen LogP contribution < -0.4 is 10.6 Å². The lowest BCUT2D eigenvalue weighted by atomic mass is 10.0. The van der Waals surface area contributed by atoms with E-state index in [0.717, 1.165) is 22.2 Å². The summed E-state index contributed by atoms with van der Waals surface area (Å²) < 4.78 is 4.85. The van der Waals surface area contributed by atoms with Crippen LogP contribution >= 0.6 is 11.8 Å². The molecule has 1 aliphatic heterocycles. The van der Waals surface area contributed by atoms with Gasteiger partial charge < -0.3 is 25.4 Å². The highest BCUT2D eigenvalue weighted by atomic mass is 32.2. The number of urea groups is 1. The molecule has 0 unspecified atom stereocenters. The molecule has 3 rings (SSSR count). The van der Waals surface area contributed by atoms with Crippen LogP contribution in [0.5, 0.6) is 0 Å². The Morgan fingerprint density at radius 1 is 1.09 bits per heavy atom. The van der Waals surface area contributed by atoms with E-state index in [9.17, 15) is 24.3 Å². The molecule has 0 aromatic heterocycles. The summed E-state index contributed by atoms with van der Waals surface area (Å²) in [6.07, 6.45) is 0. The monoisotopic (exact) mass is 457 g/mol. The van der Waals surface area contributed by atoms with E-state index in [0.29, 0.717) is 11.3 Å². The van der Waals surface area contributed by atoms with E-state index in [1.807, 2.05) is 13.0 Å². The first kappa shape index (κ1) is 23.1. The van der Waals surface area contributed by atoms with Crippen LogP contribution in [-0.4, -0.2) is 58.2 Å². The minimum Gasteiger partial charge on any atom is -0.479 e. The van der Waals surface area contributed by atoms with Crippen molar-refractivity contribution < 1.29 is 29.0 Å². The number of carbonyl (C=O) groups is 4. The molecule has 168 valence electrons. The molecule has 1 saturated heterocycles. The number of nitrogens with one attached hydrogen (secondary N) is 2. The highest BCUT2D eigenvalue weighted by molar-refractivity contribution is 8.02. The first-order valence-electron chi connectivity index (χ1n) is 9.75. The third kappa shape index (κ3) is 5.20. The maximum Gasteiger partial charge on any atom is 0.337 e. The molecule has 10 heteroatoms. The van der Waals surface area contributed by atoms with Gasteiger partial charge in [0.1, 0.15) is 5.25 Å². The second kappa shape index (κ2) is 10.2. The summed E-state index contributed by atoms with van der Waals surface area (Å²) in [5.41, 5.74) is 2.11. The molecule has 32 heavy (non-hydrogen) atoms. The van der Waals surface area contributed by atoms with Crippen molar-refractivity contribution in [2.45, 2.75) is 23.6 Å². The average Bonchev–Trinajstić information content (AvgIpc) is 3.18. The van der Waals surface area contributed by atoms with E-state index in [2.05, 4.69) is 10.6 Å². The molecule has 0 saturated carbocycles. The van der Waals surface area contributed by atoms with Crippen molar-refractivity contribution in [3.05, 3.63) is 65.7 Å². The number of carbonyl (C=O) groups excluding carboxylic acids is 3. The Kier molecular flexibility index (Phi) is 7.37. The quantitative estimate of drug-likeness (QED) is 0.569. The molecule has 1 heterocycles. The first-order chi connectivity index (χ1) is 15.3. The second-order valence-electron chi connectivity index (χ2n) is 7.10. The van der Waals surface area contributed by atoms with Gasteiger partial charge in [-0.15, -0.1) is 11.8 Å². The zero-order valence-corrected chi connectivity index (χ0v) is 18.3. The van der Waals surface area contributed by atoms with Crippen LogP contribution in [0.1, 0.15) is 17.2 Å². The number of rotatable bonds is 6. The minimum atomic E-state index is -1.31. The molecule has 2 aromatic rings. The summed E-state index contributed by atoms with van der Waals surface area (Å²) >= 11 is 0.832. The Hall–Kier alpha value is -3.53. The molecular formula is C22H23N3O6S. The number of aryl methyl sites for hydroxylation is 1. The van der Waals surface area contributed by atoms with Crippen LogP contribution in [0.3, 0.4) is 0 Å². The molecule has 0 bridgehead atoms. The first-order valence-corrected chi connectivity index (χ1v) is 10.7. The van der Waals surface area contributed by atoms with Crippen LogP contribution in [0.4, 0.5) is 10.5 Å². The standard InChI is InChI=1S/C22H23N3O6S/c1-13-7-6-10-15(11-13)24-22(30)23-12-16(26)25-17(14-8-4-3-5-9-14)18(21(29)31-2)32-19(25)20(27)28/h3-11,17-19H,12H2,1-2H3,(H,27,28)(H2,23,24,30)/t17-,18-,19-/m0/s1. The zero-order chi connectivity index (χ0) is 23.3. The number of ether oxygens (including phenoxy) is 1. The van der Waals surface area contributed by atoms with E-state index in [-0.39, 0.29) is 0 Å². The average molecular weight is 458 g/mol. The van der Waals surface area contributed by atoms with Crippen molar-refractivity contribution >= 4 is 41.3 Å². The summed E-state index contributed by atoms with van der Waals surface area (Å²) in [5.74, 6) is -2.53. The number of thioether (sulfide) groups is 1. The molecule has 2 aromatic carbocycles. The smallest absolute Gasteiger partial charge is 0.337 e. The maximum atomic E-state index is 13.1. The number of anilines is 1. The predicted molar refractivity (Wildman–Crippen MR) is 119 cm³/mol. The van der Waals surface area contributed by atoms with E-state index < -0.39 is 47.1 Å². The van der Waals surface area contributed by atoms with Crippen LogP contribution in [-0.2, 0) is 19.1 Å². The van der Waals surface area contributed by atoms with Gasteiger partial charge in [-0.05, 0) is 30.2 Å². The van der Waals surface area contributed by atoms with Crippen LogP contribution in [0.15, 0.2) is 54.6 Å². The van der Waals surface area contributed by atoms with E-state index in [1.165, 1.54) is 7.11 Å². The van der Waals surface area contributed by atoms with Gasteiger partial charge in [0.25, 0.3) is 0 Å². The number of carboxylic acids is 1. The second-order valence-corrected chi connectivity index (χ2v) is 8.33. The zero-order valence-electron chi connectivity index (χ0n) is 17.5. The summed E-state index contributed by atoms with van der Waals surface area (Å²) in [7, 11) is 1.21. The molecule has 0 spiro atoms. The van der Waals surface area contributed by atoms with Crippen molar-refractivity contribution in [3.8, 4) is 0 Å². The van der Waals surface area contributed by atoms with E-state index >= 15 is 0 Å². The molecule has 0 aliphatic carbocycles. The third-order valence-corrected chi connectivity index (χ3v) is 6.29. The van der Waals surface area contributed by atoms with Crippen molar-refractivity contribution in [2.24, 2.45) is 0 Å². The molecule has 0 radical (unpaired) electrons. The van der Waals surface area contributed by atoms with Gasteiger partial charge in [0.15, 0.2) is 5.37 Å². The van der Waals surface area contributed by atoms with Crippen molar-refractivity contribution in [1.82, 2.24) is 10.2 Å². The van der Waals surface area contributed by atoms with Crippen molar-refractivity contribution in [3.63, 3.8) is 0 Å². The van der Waals surface area contributed by atoms with E-state index in [1.54, 1.807) is 48.5 Å². The van der Waals surface area contributed by atoms with E-state index in [4.69, 9.17) is 4.74 Å². The lowest BCUT2D eigenvalue weighted by molar-refractivity contribution is -0.148. The Labute approximate surface area is 189 Å². The van der Waals surface area contributed by atoms with Gasteiger partial charge >= 0.3 is 18.0 Å². The Morgan fingerprint density at radius 3 is 2.44 bits per heavy atom. The van der Waals surface area contributed by atoms with Gasteiger partial charge in [-0.25, -0.2) is 9.59 Å². The molecule has 3 atom stereocenters. The van der Waals surface area contributed by atoms with Crippen molar-refractivity contribution in [2.75, 3.05) is 19.0 Å². The maximum absolute atomic E-state index is 13.1. The topological polar surface area (TPSA) is 125 Å². The van der Waals surface area contributed by atoms with Gasteiger partial charge in [-0.3, -0.25) is 9.59 Å². The molecule has 3 amide bonds. The highest BCUT2D eigenvalue weighted by Gasteiger charge is 2.51. The molecule has 1 aliphatic rings. The minimum absolute atomic E-state index is 0.445. The Bertz CT molecular complexity index is 1020. The van der Waals surface area contributed by atoms with Gasteiger partial charge in [0.2, 0.25) is 5.91 Å². The van der Waals surface area contributed by atoms with Crippen LogP contribution in [0.2, 0.25) is 0 Å². The number of methoxy groups -OCH3 is 1. The molecular weight excluding hydrogens is 434 g/mol. The molecule has 9 nitrogen and oxygen atoms in total. The van der Waals surface area contributed by atoms with Gasteiger partial charge in [0, 0.05) is 5.69 Å².